The molecule has 0 saturated carbocycles. The average Bonchev–Trinajstić information content (AvgIpc) is 2.97. The average molecular weight is 743 g/mol. The molecule has 5 N–H and O–H groups in total. The normalized spacial score (nSPS) is 13.0. The number of nitrogens with one attached hydrogen (secondary N) is 2. The zero-order valence-corrected chi connectivity index (χ0v) is 30.0. The van der Waals surface area contributed by atoms with Gasteiger partial charge in [-0.2, -0.15) is 25.3 Å². The van der Waals surface area contributed by atoms with E-state index < -0.39 is 45.0 Å². The number of amides is 1. The number of ether oxygens (including phenoxy) is 1. The standard InChI is InChI=1S/C34H34N2O11S3/c1-17(2)11-31(37)36-34-20(5)12-19(4)33(21(34)6)35-25-16-27-24(15-30(25)50(44,45)46)32(22-9-7-8-10-28(22)48(38,39)40)23-14-29(49(41,42)43)18(3)13-26(23)47-27/h7-10,12-17,35H,3,11H2,1-2,4-6H3,(H,36,37)(H,38,39,40)(H,41,42,43)(H,44,45,46). The second kappa shape index (κ2) is 12.9. The van der Waals surface area contributed by atoms with Gasteiger partial charge in [0, 0.05) is 45.8 Å². The van der Waals surface area contributed by atoms with E-state index >= 15 is 0 Å². The molecule has 0 atom stereocenters. The number of hydrogen-bond acceptors (Lipinski definition) is 9. The maximum atomic E-state index is 13.0. The van der Waals surface area contributed by atoms with Crippen molar-refractivity contribution in [2.75, 3.05) is 10.6 Å². The number of anilines is 3. The highest BCUT2D eigenvalue weighted by molar-refractivity contribution is 7.86. The van der Waals surface area contributed by atoms with Crippen LogP contribution in [-0.4, -0.2) is 44.8 Å². The maximum Gasteiger partial charge on any atom is 0.296 e. The van der Waals surface area contributed by atoms with E-state index in [9.17, 15) is 43.7 Å². The molecule has 0 radical (unpaired) electrons. The summed E-state index contributed by atoms with van der Waals surface area (Å²) in [5.41, 5.74) is 2.37. The summed E-state index contributed by atoms with van der Waals surface area (Å²) in [5.74, 6) is -0.213. The van der Waals surface area contributed by atoms with Crippen LogP contribution in [0.2, 0.25) is 0 Å². The molecule has 1 aliphatic rings. The van der Waals surface area contributed by atoms with Crippen molar-refractivity contribution in [2.24, 2.45) is 5.92 Å². The fourth-order valence-electron chi connectivity index (χ4n) is 5.99. The number of benzene rings is 4. The van der Waals surface area contributed by atoms with Gasteiger partial charge >= 0.3 is 0 Å². The van der Waals surface area contributed by atoms with Crippen LogP contribution in [0.25, 0.3) is 12.2 Å². The first-order valence-corrected chi connectivity index (χ1v) is 19.3. The van der Waals surface area contributed by atoms with Crippen molar-refractivity contribution in [3.63, 3.8) is 0 Å². The predicted molar refractivity (Wildman–Crippen MR) is 187 cm³/mol. The first-order chi connectivity index (χ1) is 23.1. The topological polar surface area (TPSA) is 213 Å². The van der Waals surface area contributed by atoms with Crippen LogP contribution in [0.15, 0.2) is 69.3 Å². The lowest BCUT2D eigenvalue weighted by atomic mass is 9.92. The number of carbonyl (C=O) groups is 1. The molecule has 0 spiro atoms. The summed E-state index contributed by atoms with van der Waals surface area (Å²) < 4.78 is 112. The van der Waals surface area contributed by atoms with E-state index in [4.69, 9.17) is 4.74 Å². The van der Waals surface area contributed by atoms with Crippen LogP contribution in [0.1, 0.15) is 48.1 Å². The highest BCUT2D eigenvalue weighted by atomic mass is 32.2. The largest absolute Gasteiger partial charge is 0.456 e. The molecule has 1 aliphatic heterocycles. The molecular formula is C34H34N2O11S3. The van der Waals surface area contributed by atoms with Crippen molar-refractivity contribution in [1.29, 1.82) is 0 Å². The number of carbonyl (C=O) groups excluding carboxylic acids is 1. The van der Waals surface area contributed by atoms with Crippen LogP contribution in [0.3, 0.4) is 0 Å². The predicted octanol–water partition coefficient (Wildman–Crippen LogP) is 4.84. The van der Waals surface area contributed by atoms with E-state index in [0.717, 1.165) is 23.8 Å². The lowest BCUT2D eigenvalue weighted by Crippen LogP contribution is -2.25. The van der Waals surface area contributed by atoms with Crippen molar-refractivity contribution in [1.82, 2.24) is 0 Å². The van der Waals surface area contributed by atoms with E-state index in [-0.39, 0.29) is 62.6 Å². The van der Waals surface area contributed by atoms with Crippen molar-refractivity contribution in [3.8, 4) is 11.5 Å². The minimum Gasteiger partial charge on any atom is -0.456 e. The van der Waals surface area contributed by atoms with Crippen LogP contribution in [0, 0.1) is 26.7 Å². The van der Waals surface area contributed by atoms with Gasteiger partial charge in [-0.05, 0) is 72.9 Å². The van der Waals surface area contributed by atoms with Gasteiger partial charge in [-0.1, -0.05) is 44.7 Å². The van der Waals surface area contributed by atoms with E-state index in [1.54, 1.807) is 19.9 Å². The first kappa shape index (κ1) is 36.7. The lowest BCUT2D eigenvalue weighted by molar-refractivity contribution is -0.116. The quantitative estimate of drug-likeness (QED) is 0.128. The van der Waals surface area contributed by atoms with Crippen LogP contribution in [-0.2, 0) is 35.1 Å². The molecule has 1 amide bonds. The number of hydrogen-bond donors (Lipinski definition) is 5. The molecule has 13 nitrogen and oxygen atoms in total. The van der Waals surface area contributed by atoms with Gasteiger partial charge in [0.05, 0.1) is 5.69 Å². The van der Waals surface area contributed by atoms with Crippen LogP contribution < -0.4 is 25.8 Å². The Labute approximate surface area is 289 Å². The van der Waals surface area contributed by atoms with Crippen molar-refractivity contribution in [2.45, 2.75) is 55.7 Å². The molecule has 4 aromatic rings. The molecule has 5 rings (SSSR count). The highest BCUT2D eigenvalue weighted by Gasteiger charge is 2.30. The molecule has 0 fully saturated rings. The second-order valence-electron chi connectivity index (χ2n) is 12.4. The third-order valence-electron chi connectivity index (χ3n) is 8.08. The second-order valence-corrected chi connectivity index (χ2v) is 16.5. The molecule has 1 heterocycles. The Hall–Kier alpha value is -4.58. The summed E-state index contributed by atoms with van der Waals surface area (Å²) in [7, 11) is -14.8. The van der Waals surface area contributed by atoms with Gasteiger partial charge in [-0.15, -0.1) is 0 Å². The smallest absolute Gasteiger partial charge is 0.296 e. The van der Waals surface area contributed by atoms with E-state index in [2.05, 4.69) is 17.2 Å². The molecule has 16 heteroatoms. The molecule has 4 aromatic carbocycles. The van der Waals surface area contributed by atoms with Gasteiger partial charge in [-0.25, -0.2) is 0 Å². The molecule has 0 unspecified atom stereocenters. The van der Waals surface area contributed by atoms with Gasteiger partial charge in [0.15, 0.2) is 0 Å². The molecule has 0 aliphatic carbocycles. The first-order valence-electron chi connectivity index (χ1n) is 15.0. The number of fused-ring (bicyclic) bond motifs is 2. The zero-order valence-electron chi connectivity index (χ0n) is 27.5. The van der Waals surface area contributed by atoms with Gasteiger partial charge in [0.25, 0.3) is 30.4 Å². The summed E-state index contributed by atoms with van der Waals surface area (Å²) in [4.78, 5) is 10.8. The third-order valence-corrected chi connectivity index (χ3v) is 10.8. The lowest BCUT2D eigenvalue weighted by Gasteiger charge is -2.25. The fraction of sp³-hybridized carbons (Fsp3) is 0.206. The Bertz CT molecular complexity index is 2560. The highest BCUT2D eigenvalue weighted by Crippen LogP contribution is 2.44. The van der Waals surface area contributed by atoms with E-state index in [1.165, 1.54) is 30.3 Å². The number of rotatable bonds is 9. The van der Waals surface area contributed by atoms with Crippen LogP contribution >= 0.6 is 0 Å². The number of aryl methyl sites for hydroxylation is 2. The Morgan fingerprint density at radius 1 is 0.760 bits per heavy atom. The van der Waals surface area contributed by atoms with Crippen LogP contribution in [0.5, 0.6) is 11.5 Å². The Balaban J connectivity index is 1.83. The van der Waals surface area contributed by atoms with Gasteiger partial charge in [0.2, 0.25) is 5.91 Å². The Morgan fingerprint density at radius 2 is 1.36 bits per heavy atom. The van der Waals surface area contributed by atoms with Crippen molar-refractivity contribution in [3.05, 3.63) is 92.9 Å². The third kappa shape index (κ3) is 7.17. The van der Waals surface area contributed by atoms with Crippen molar-refractivity contribution >= 4 is 65.5 Å². The minimum absolute atomic E-state index is 0.0431. The Kier molecular flexibility index (Phi) is 9.50. The molecule has 50 heavy (non-hydrogen) atoms. The summed E-state index contributed by atoms with van der Waals surface area (Å²) >= 11 is 0. The molecule has 264 valence electrons. The van der Waals surface area contributed by atoms with Gasteiger partial charge < -0.3 is 15.4 Å². The molecular weight excluding hydrogens is 709 g/mol. The summed E-state index contributed by atoms with van der Waals surface area (Å²) in [5, 5.41) is 5.72. The fourth-order valence-corrected chi connectivity index (χ4v) is 8.00. The molecule has 0 bridgehead atoms. The van der Waals surface area contributed by atoms with E-state index in [1.807, 2.05) is 20.8 Å². The van der Waals surface area contributed by atoms with E-state index in [0.29, 0.717) is 22.5 Å². The monoisotopic (exact) mass is 742 g/mol. The SMILES string of the molecule is C=c1cc2c(cc1S(=O)(=O)O)=C(c1ccccc1S(=O)(=O)O)c1cc(S(=O)(=O)O)c(Nc3c(C)cc(C)c(NC(=O)CC(C)C)c3C)cc1O2. The molecule has 0 aromatic heterocycles. The molecule has 0 saturated heterocycles. The van der Waals surface area contributed by atoms with Crippen LogP contribution in [0.4, 0.5) is 17.1 Å². The maximum absolute atomic E-state index is 13.0. The summed E-state index contributed by atoms with van der Waals surface area (Å²) in [6, 6.07) is 11.4. The van der Waals surface area contributed by atoms with Gasteiger partial charge in [0.1, 0.15) is 26.2 Å². The zero-order chi connectivity index (χ0) is 37.1. The summed E-state index contributed by atoms with van der Waals surface area (Å²) in [6.07, 6.45) is 0.270. The summed E-state index contributed by atoms with van der Waals surface area (Å²) in [6.45, 7) is 12.8. The minimum atomic E-state index is -5.04. The Morgan fingerprint density at radius 3 is 1.96 bits per heavy atom. The van der Waals surface area contributed by atoms with Gasteiger partial charge in [-0.3, -0.25) is 18.5 Å². The van der Waals surface area contributed by atoms with Crippen molar-refractivity contribution < 1.29 is 48.4 Å².